The van der Waals surface area contributed by atoms with Crippen molar-refractivity contribution in [3.8, 4) is 22.3 Å². The second kappa shape index (κ2) is 6.65. The van der Waals surface area contributed by atoms with Crippen molar-refractivity contribution in [2.45, 2.75) is 0 Å². The van der Waals surface area contributed by atoms with E-state index in [0.29, 0.717) is 21.5 Å². The Hall–Kier alpha value is -1.73. The van der Waals surface area contributed by atoms with E-state index in [-0.39, 0.29) is 16.4 Å². The second-order valence-corrected chi connectivity index (χ2v) is 5.91. The van der Waals surface area contributed by atoms with Crippen LogP contribution in [0.25, 0.3) is 22.3 Å². The topological polar surface area (TPSA) is 0 Å². The predicted molar refractivity (Wildman–Crippen MR) is 109 cm³/mol. The molecule has 0 heterocycles. The summed E-state index contributed by atoms with van der Waals surface area (Å²) in [5, 5.41) is 0.624. The minimum absolute atomic E-state index is 0.200. The fourth-order valence-electron chi connectivity index (χ4n) is 2.68. The molecule has 0 aliphatic carbocycles. The Morgan fingerprint density at radius 3 is 1.71 bits per heavy atom. The molecule has 24 heavy (non-hydrogen) atoms. The first-order valence-electron chi connectivity index (χ1n) is 7.28. The third-order valence-electron chi connectivity index (χ3n) is 4.04. The largest absolute Gasteiger partial charge is 0.113 e. The monoisotopic (exact) mass is 314 g/mol. The van der Waals surface area contributed by atoms with Crippen LogP contribution in [-0.2, 0) is 0 Å². The van der Waals surface area contributed by atoms with E-state index in [2.05, 4.69) is 0 Å². The van der Waals surface area contributed by atoms with Gasteiger partial charge in [-0.3, -0.25) is 0 Å². The fraction of sp³-hybridized carbons (Fsp3) is 0. The number of benzene rings is 3. The van der Waals surface area contributed by atoms with Gasteiger partial charge in [-0.05, 0) is 28.8 Å². The van der Waals surface area contributed by atoms with Crippen LogP contribution in [0.2, 0.25) is 5.02 Å². The lowest BCUT2D eigenvalue weighted by Crippen LogP contribution is -2.55. The van der Waals surface area contributed by atoms with Crippen molar-refractivity contribution in [1.29, 1.82) is 0 Å². The van der Waals surface area contributed by atoms with Gasteiger partial charge in [-0.25, -0.2) is 0 Å². The maximum atomic E-state index is 6.35. The SMILES string of the molecule is [B]c1c([B])c([B])c(-c2ccc(Cl)c(-c3ccccc3)c2)c([B])c1[B]. The zero-order chi connectivity index (χ0) is 17.4. The minimum atomic E-state index is 0.200. The third-order valence-corrected chi connectivity index (χ3v) is 4.37. The lowest BCUT2D eigenvalue weighted by atomic mass is 9.59. The number of hydrogen-bond acceptors (Lipinski definition) is 0. The molecule has 0 N–H and O–H groups in total. The first kappa shape index (κ1) is 17.1. The summed E-state index contributed by atoms with van der Waals surface area (Å²) in [6.45, 7) is 0. The average Bonchev–Trinajstić information content (AvgIpc) is 2.60. The Kier molecular flexibility index (Phi) is 4.74. The quantitative estimate of drug-likeness (QED) is 0.567. The Morgan fingerprint density at radius 2 is 1.12 bits per heavy atom. The van der Waals surface area contributed by atoms with Crippen molar-refractivity contribution in [2.24, 2.45) is 0 Å². The van der Waals surface area contributed by atoms with E-state index >= 15 is 0 Å². The van der Waals surface area contributed by atoms with E-state index in [1.807, 2.05) is 42.5 Å². The summed E-state index contributed by atoms with van der Waals surface area (Å²) < 4.78 is 0. The molecule has 0 unspecified atom stereocenters. The molecule has 3 aromatic carbocycles. The lowest BCUT2D eigenvalue weighted by Gasteiger charge is -2.22. The summed E-state index contributed by atoms with van der Waals surface area (Å²) in [6.07, 6.45) is 0. The van der Waals surface area contributed by atoms with Gasteiger partial charge in [0.15, 0.2) is 0 Å². The molecule has 0 saturated carbocycles. The normalized spacial score (nSPS) is 10.7. The zero-order valence-electron chi connectivity index (χ0n) is 12.9. The number of rotatable bonds is 2. The van der Waals surface area contributed by atoms with Gasteiger partial charge in [0.05, 0.1) is 0 Å². The molecule has 3 rings (SSSR count). The van der Waals surface area contributed by atoms with Crippen LogP contribution in [0.15, 0.2) is 48.5 Å². The molecule has 102 valence electrons. The molecule has 3 aromatic rings. The van der Waals surface area contributed by atoms with E-state index < -0.39 is 0 Å². The summed E-state index contributed by atoms with van der Waals surface area (Å²) >= 11 is 6.35. The van der Waals surface area contributed by atoms with Crippen molar-refractivity contribution in [3.63, 3.8) is 0 Å². The van der Waals surface area contributed by atoms with Gasteiger partial charge >= 0.3 is 0 Å². The van der Waals surface area contributed by atoms with E-state index in [0.717, 1.165) is 16.7 Å². The highest BCUT2D eigenvalue weighted by molar-refractivity contribution is 6.68. The summed E-state index contributed by atoms with van der Waals surface area (Å²) in [5.41, 5.74) is 4.45. The number of halogens is 1. The van der Waals surface area contributed by atoms with Crippen molar-refractivity contribution in [1.82, 2.24) is 0 Å². The van der Waals surface area contributed by atoms with Gasteiger partial charge in [-0.1, -0.05) is 58.9 Å². The van der Waals surface area contributed by atoms with Crippen LogP contribution in [-0.4, -0.2) is 39.2 Å². The molecular weight excluding hydrogens is 306 g/mol. The fourth-order valence-corrected chi connectivity index (χ4v) is 2.91. The molecule has 0 nitrogen and oxygen atoms in total. The maximum absolute atomic E-state index is 6.35. The molecule has 0 aromatic heterocycles. The van der Waals surface area contributed by atoms with Crippen molar-refractivity contribution < 1.29 is 0 Å². The first-order valence-corrected chi connectivity index (χ1v) is 7.66. The summed E-state index contributed by atoms with van der Waals surface area (Å²) in [6, 6.07) is 15.3. The van der Waals surface area contributed by atoms with Gasteiger partial charge in [0, 0.05) is 10.6 Å². The predicted octanol–water partition coefficient (Wildman–Crippen LogP) is -0.357. The molecule has 0 bridgehead atoms. The van der Waals surface area contributed by atoms with Crippen LogP contribution in [0.3, 0.4) is 0 Å². The molecule has 0 fully saturated rings. The highest BCUT2D eigenvalue weighted by Gasteiger charge is 2.13. The third kappa shape index (κ3) is 2.86. The highest BCUT2D eigenvalue weighted by atomic mass is 35.5. The summed E-state index contributed by atoms with van der Waals surface area (Å²) in [5.74, 6) is 0. The Labute approximate surface area is 154 Å². The molecule has 0 saturated heterocycles. The van der Waals surface area contributed by atoms with Crippen molar-refractivity contribution >= 4 is 78.1 Å². The van der Waals surface area contributed by atoms with Gasteiger partial charge in [-0.15, -0.1) is 16.4 Å². The van der Waals surface area contributed by atoms with Crippen LogP contribution in [0, 0.1) is 0 Å². The van der Waals surface area contributed by atoms with E-state index in [1.54, 1.807) is 6.07 Å². The first-order chi connectivity index (χ1) is 11.4. The Bertz CT molecular complexity index is 893. The van der Waals surface area contributed by atoms with E-state index in [9.17, 15) is 0 Å². The highest BCUT2D eigenvalue weighted by Crippen LogP contribution is 2.31. The van der Waals surface area contributed by atoms with Gasteiger partial charge in [0.25, 0.3) is 0 Å². The van der Waals surface area contributed by atoms with Crippen LogP contribution in [0.5, 0.6) is 0 Å². The Balaban J connectivity index is 2.26. The van der Waals surface area contributed by atoms with Gasteiger partial charge in [0.2, 0.25) is 0 Å². The van der Waals surface area contributed by atoms with Crippen molar-refractivity contribution in [3.05, 3.63) is 53.6 Å². The smallest absolute Gasteiger partial charge is 0.112 e. The van der Waals surface area contributed by atoms with Gasteiger partial charge in [-0.2, -0.15) is 0 Å². The average molecular weight is 314 g/mol. The molecular formula is C18H8B5Cl. The van der Waals surface area contributed by atoms with Crippen LogP contribution in [0.1, 0.15) is 0 Å². The van der Waals surface area contributed by atoms with Gasteiger partial charge in [0.1, 0.15) is 39.2 Å². The van der Waals surface area contributed by atoms with Gasteiger partial charge < -0.3 is 0 Å². The molecule has 0 aliphatic rings. The van der Waals surface area contributed by atoms with Crippen LogP contribution < -0.4 is 27.3 Å². The summed E-state index contributed by atoms with van der Waals surface area (Å²) in [4.78, 5) is 0. The molecule has 0 aliphatic heterocycles. The standard InChI is InChI=1S/C18H8B5Cl/c19-14-13(15(20)17(22)18(23)16(14)21)10-6-7-12(24)11(8-10)9-4-2-1-3-5-9/h1-8H. The molecule has 6 heteroatoms. The van der Waals surface area contributed by atoms with Crippen molar-refractivity contribution in [2.75, 3.05) is 0 Å². The Morgan fingerprint density at radius 1 is 0.583 bits per heavy atom. The second-order valence-electron chi connectivity index (χ2n) is 5.50. The summed E-state index contributed by atoms with van der Waals surface area (Å²) in [7, 11) is 30.0. The van der Waals surface area contributed by atoms with E-state index in [4.69, 9.17) is 50.8 Å². The molecule has 0 spiro atoms. The molecule has 10 radical (unpaired) electrons. The minimum Gasteiger partial charge on any atom is -0.112 e. The zero-order valence-corrected chi connectivity index (χ0v) is 13.6. The van der Waals surface area contributed by atoms with E-state index in [1.165, 1.54) is 0 Å². The molecule has 0 atom stereocenters. The van der Waals surface area contributed by atoms with Crippen LogP contribution >= 0.6 is 11.6 Å². The maximum Gasteiger partial charge on any atom is 0.113 e. The molecule has 0 amide bonds. The number of hydrogen-bond donors (Lipinski definition) is 0. The lowest BCUT2D eigenvalue weighted by molar-refractivity contribution is 1.61. The van der Waals surface area contributed by atoms with Crippen LogP contribution in [0.4, 0.5) is 0 Å².